The van der Waals surface area contributed by atoms with Crippen LogP contribution >= 0.6 is 0 Å². The van der Waals surface area contributed by atoms with E-state index in [9.17, 15) is 18.4 Å². The topological polar surface area (TPSA) is 55.4 Å². The summed E-state index contributed by atoms with van der Waals surface area (Å²) in [7, 11) is 0. The van der Waals surface area contributed by atoms with Crippen molar-refractivity contribution in [2.45, 2.75) is 6.92 Å². The number of benzene rings is 2. The van der Waals surface area contributed by atoms with Crippen molar-refractivity contribution >= 4 is 17.6 Å². The lowest BCUT2D eigenvalue weighted by atomic mass is 10.1. The predicted molar refractivity (Wildman–Crippen MR) is 76.7 cm³/mol. The first-order chi connectivity index (χ1) is 10.5. The Morgan fingerprint density at radius 3 is 2.36 bits per heavy atom. The molecule has 0 spiro atoms. The van der Waals surface area contributed by atoms with E-state index in [1.54, 1.807) is 6.92 Å². The normalized spacial score (nSPS) is 10.1. The highest BCUT2D eigenvalue weighted by molar-refractivity contribution is 6.05. The van der Waals surface area contributed by atoms with E-state index >= 15 is 0 Å². The van der Waals surface area contributed by atoms with Crippen LogP contribution in [0.1, 0.15) is 27.6 Å². The summed E-state index contributed by atoms with van der Waals surface area (Å²) in [5, 5.41) is 2.35. The number of hydrogen-bond donors (Lipinski definition) is 1. The monoisotopic (exact) mass is 305 g/mol. The molecule has 0 aliphatic carbocycles. The lowest BCUT2D eigenvalue weighted by molar-refractivity contribution is 0.0526. The first-order valence-electron chi connectivity index (χ1n) is 6.55. The van der Waals surface area contributed by atoms with Gasteiger partial charge >= 0.3 is 5.97 Å². The molecule has 114 valence electrons. The van der Waals surface area contributed by atoms with Crippen molar-refractivity contribution in [2.24, 2.45) is 0 Å². The minimum atomic E-state index is -0.959. The van der Waals surface area contributed by atoms with Gasteiger partial charge in [0.25, 0.3) is 5.91 Å². The molecule has 1 amide bonds. The van der Waals surface area contributed by atoms with Gasteiger partial charge in [0.2, 0.25) is 0 Å². The molecule has 0 aliphatic heterocycles. The lowest BCUT2D eigenvalue weighted by Gasteiger charge is -2.08. The third kappa shape index (κ3) is 3.46. The Bertz CT molecular complexity index is 696. The fourth-order valence-corrected chi connectivity index (χ4v) is 1.85. The Kier molecular flexibility index (Phi) is 4.83. The quantitative estimate of drug-likeness (QED) is 0.881. The number of esters is 1. The fraction of sp³-hybridized carbons (Fsp3) is 0.125. The zero-order valence-corrected chi connectivity index (χ0v) is 11.7. The van der Waals surface area contributed by atoms with Crippen LogP contribution in [0, 0.1) is 11.6 Å². The molecule has 0 fully saturated rings. The predicted octanol–water partition coefficient (Wildman–Crippen LogP) is 3.39. The van der Waals surface area contributed by atoms with Crippen molar-refractivity contribution in [1.29, 1.82) is 0 Å². The molecular formula is C16H13F2NO3. The van der Waals surface area contributed by atoms with Crippen LogP contribution in [-0.2, 0) is 4.74 Å². The molecule has 0 saturated heterocycles. The highest BCUT2D eigenvalue weighted by Crippen LogP contribution is 2.16. The number of rotatable bonds is 4. The summed E-state index contributed by atoms with van der Waals surface area (Å²) < 4.78 is 31.9. The standard InChI is InChI=1S/C16H13F2NO3/c1-2-22-16(21)10-5-3-6-11(9-10)19-15(20)14-12(17)7-4-8-13(14)18/h3-9H,2H2,1H3,(H,19,20). The van der Waals surface area contributed by atoms with E-state index in [1.165, 1.54) is 30.3 Å². The zero-order chi connectivity index (χ0) is 16.1. The lowest BCUT2D eigenvalue weighted by Crippen LogP contribution is -2.16. The van der Waals surface area contributed by atoms with Gasteiger partial charge in [0.05, 0.1) is 12.2 Å². The van der Waals surface area contributed by atoms with Gasteiger partial charge in [0, 0.05) is 5.69 Å². The molecule has 0 radical (unpaired) electrons. The van der Waals surface area contributed by atoms with E-state index in [1.807, 2.05) is 0 Å². The molecule has 1 N–H and O–H groups in total. The SMILES string of the molecule is CCOC(=O)c1cccc(NC(=O)c2c(F)cccc2F)c1. The highest BCUT2D eigenvalue weighted by atomic mass is 19.1. The van der Waals surface area contributed by atoms with Gasteiger partial charge in [-0.2, -0.15) is 0 Å². The molecule has 4 nitrogen and oxygen atoms in total. The van der Waals surface area contributed by atoms with Crippen molar-refractivity contribution in [3.63, 3.8) is 0 Å². The number of anilines is 1. The molecule has 2 aromatic carbocycles. The molecule has 6 heteroatoms. The molecule has 0 bridgehead atoms. The Morgan fingerprint density at radius 1 is 1.09 bits per heavy atom. The van der Waals surface area contributed by atoms with Crippen LogP contribution in [0.25, 0.3) is 0 Å². The van der Waals surface area contributed by atoms with Crippen molar-refractivity contribution < 1.29 is 23.1 Å². The van der Waals surface area contributed by atoms with E-state index in [-0.39, 0.29) is 17.9 Å². The van der Waals surface area contributed by atoms with Gasteiger partial charge in [-0.3, -0.25) is 4.79 Å². The van der Waals surface area contributed by atoms with Crippen LogP contribution < -0.4 is 5.32 Å². The average Bonchev–Trinajstić information content (AvgIpc) is 2.47. The molecule has 0 unspecified atom stereocenters. The van der Waals surface area contributed by atoms with Gasteiger partial charge in [-0.05, 0) is 37.3 Å². The number of amides is 1. The van der Waals surface area contributed by atoms with E-state index < -0.39 is 29.1 Å². The zero-order valence-electron chi connectivity index (χ0n) is 11.7. The molecule has 22 heavy (non-hydrogen) atoms. The smallest absolute Gasteiger partial charge is 0.338 e. The second kappa shape index (κ2) is 6.80. The van der Waals surface area contributed by atoms with Gasteiger partial charge < -0.3 is 10.1 Å². The van der Waals surface area contributed by atoms with E-state index in [2.05, 4.69) is 5.32 Å². The van der Waals surface area contributed by atoms with Gasteiger partial charge in [0.15, 0.2) is 0 Å². The van der Waals surface area contributed by atoms with Crippen molar-refractivity contribution in [3.8, 4) is 0 Å². The molecule has 0 aliphatic rings. The molecule has 0 atom stereocenters. The molecule has 2 aromatic rings. The molecule has 0 aromatic heterocycles. The van der Waals surface area contributed by atoms with Crippen LogP contribution in [-0.4, -0.2) is 18.5 Å². The summed E-state index contributed by atoms with van der Waals surface area (Å²) >= 11 is 0. The van der Waals surface area contributed by atoms with Gasteiger partial charge in [-0.15, -0.1) is 0 Å². The number of carbonyl (C=O) groups excluding carboxylic acids is 2. The molecule has 0 saturated carbocycles. The van der Waals surface area contributed by atoms with Crippen LogP contribution in [0.5, 0.6) is 0 Å². The maximum atomic E-state index is 13.5. The summed E-state index contributed by atoms with van der Waals surface area (Å²) in [6, 6.07) is 9.06. The number of carbonyl (C=O) groups is 2. The Hall–Kier alpha value is -2.76. The first-order valence-corrected chi connectivity index (χ1v) is 6.55. The van der Waals surface area contributed by atoms with Crippen LogP contribution in [0.4, 0.5) is 14.5 Å². The average molecular weight is 305 g/mol. The third-order valence-electron chi connectivity index (χ3n) is 2.82. The second-order valence-electron chi connectivity index (χ2n) is 4.35. The summed E-state index contributed by atoms with van der Waals surface area (Å²) in [5.41, 5.74) is -0.212. The summed E-state index contributed by atoms with van der Waals surface area (Å²) in [4.78, 5) is 23.6. The van der Waals surface area contributed by atoms with Crippen molar-refractivity contribution in [2.75, 3.05) is 11.9 Å². The second-order valence-corrected chi connectivity index (χ2v) is 4.35. The Morgan fingerprint density at radius 2 is 1.73 bits per heavy atom. The number of nitrogens with one attached hydrogen (secondary N) is 1. The molecule has 2 rings (SSSR count). The maximum absolute atomic E-state index is 13.5. The van der Waals surface area contributed by atoms with Gasteiger partial charge in [-0.25, -0.2) is 13.6 Å². The van der Waals surface area contributed by atoms with Crippen LogP contribution in [0.15, 0.2) is 42.5 Å². The minimum Gasteiger partial charge on any atom is -0.462 e. The largest absolute Gasteiger partial charge is 0.462 e. The van der Waals surface area contributed by atoms with Crippen molar-refractivity contribution in [3.05, 3.63) is 65.2 Å². The van der Waals surface area contributed by atoms with E-state index in [4.69, 9.17) is 4.74 Å². The van der Waals surface area contributed by atoms with E-state index in [0.717, 1.165) is 12.1 Å². The number of halogens is 2. The Labute approximate surface area is 125 Å². The Balaban J connectivity index is 2.22. The van der Waals surface area contributed by atoms with Gasteiger partial charge in [-0.1, -0.05) is 12.1 Å². The highest BCUT2D eigenvalue weighted by Gasteiger charge is 2.17. The molecule has 0 heterocycles. The van der Waals surface area contributed by atoms with E-state index in [0.29, 0.717) is 0 Å². The summed E-state index contributed by atoms with van der Waals surface area (Å²) in [6.45, 7) is 1.89. The summed E-state index contributed by atoms with van der Waals surface area (Å²) in [6.07, 6.45) is 0. The van der Waals surface area contributed by atoms with Gasteiger partial charge in [0.1, 0.15) is 17.2 Å². The minimum absolute atomic E-state index is 0.218. The fourth-order valence-electron chi connectivity index (χ4n) is 1.85. The third-order valence-corrected chi connectivity index (χ3v) is 2.82. The maximum Gasteiger partial charge on any atom is 0.338 e. The van der Waals surface area contributed by atoms with Crippen LogP contribution in [0.2, 0.25) is 0 Å². The first kappa shape index (κ1) is 15.6. The van der Waals surface area contributed by atoms with Crippen molar-refractivity contribution in [1.82, 2.24) is 0 Å². The molecular weight excluding hydrogens is 292 g/mol. The van der Waals surface area contributed by atoms with Crippen LogP contribution in [0.3, 0.4) is 0 Å². The summed E-state index contributed by atoms with van der Waals surface area (Å²) in [5.74, 6) is -3.40. The number of ether oxygens (including phenoxy) is 1. The number of hydrogen-bond acceptors (Lipinski definition) is 3.